The molecule has 20 heavy (non-hydrogen) atoms. The fourth-order valence-electron chi connectivity index (χ4n) is 2.00. The highest BCUT2D eigenvalue weighted by molar-refractivity contribution is 6.42. The highest BCUT2D eigenvalue weighted by Crippen LogP contribution is 2.30. The van der Waals surface area contributed by atoms with Gasteiger partial charge in [0, 0.05) is 11.4 Å². The largest absolute Gasteiger partial charge is 0.294 e. The van der Waals surface area contributed by atoms with Crippen LogP contribution in [0, 0.1) is 13.8 Å². The maximum Gasteiger partial charge on any atom is 0.170 e. The van der Waals surface area contributed by atoms with Gasteiger partial charge in [-0.15, -0.1) is 0 Å². The van der Waals surface area contributed by atoms with E-state index in [9.17, 15) is 4.79 Å². The van der Waals surface area contributed by atoms with Gasteiger partial charge in [-0.2, -0.15) is 0 Å². The Hall–Kier alpha value is -1.02. The monoisotopic (exact) mass is 326 g/mol. The summed E-state index contributed by atoms with van der Waals surface area (Å²) < 4.78 is 0. The number of halogens is 3. The SMILES string of the molecule is Cc1ccc(CC(=O)c2c(Cl)cc(Cl)cc2Cl)cc1C. The van der Waals surface area contributed by atoms with Crippen LogP contribution in [0.25, 0.3) is 0 Å². The topological polar surface area (TPSA) is 17.1 Å². The van der Waals surface area contributed by atoms with E-state index in [0.717, 1.165) is 11.1 Å². The van der Waals surface area contributed by atoms with Gasteiger partial charge in [-0.1, -0.05) is 53.0 Å². The van der Waals surface area contributed by atoms with E-state index in [0.29, 0.717) is 10.6 Å². The van der Waals surface area contributed by atoms with E-state index in [1.165, 1.54) is 17.7 Å². The maximum atomic E-state index is 12.4. The molecule has 0 bridgehead atoms. The van der Waals surface area contributed by atoms with E-state index in [2.05, 4.69) is 0 Å². The molecule has 0 atom stereocenters. The zero-order valence-corrected chi connectivity index (χ0v) is 13.4. The van der Waals surface area contributed by atoms with Crippen LogP contribution in [-0.2, 0) is 6.42 Å². The van der Waals surface area contributed by atoms with Crippen LogP contribution < -0.4 is 0 Å². The minimum Gasteiger partial charge on any atom is -0.294 e. The molecule has 0 spiro atoms. The van der Waals surface area contributed by atoms with Crippen molar-refractivity contribution >= 4 is 40.6 Å². The predicted octanol–water partition coefficient (Wildman–Crippen LogP) is 5.69. The van der Waals surface area contributed by atoms with Gasteiger partial charge in [0.1, 0.15) is 0 Å². The van der Waals surface area contributed by atoms with Gasteiger partial charge in [0.25, 0.3) is 0 Å². The van der Waals surface area contributed by atoms with E-state index in [1.54, 1.807) is 0 Å². The number of hydrogen-bond acceptors (Lipinski definition) is 1. The van der Waals surface area contributed by atoms with E-state index in [1.807, 2.05) is 32.0 Å². The molecule has 1 nitrogen and oxygen atoms in total. The molecule has 0 amide bonds. The molecule has 0 saturated heterocycles. The van der Waals surface area contributed by atoms with Gasteiger partial charge >= 0.3 is 0 Å². The Kier molecular flexibility index (Phi) is 4.74. The Labute approximate surface area is 133 Å². The Morgan fingerprint density at radius 1 is 0.950 bits per heavy atom. The van der Waals surface area contributed by atoms with Gasteiger partial charge in [0.05, 0.1) is 15.6 Å². The van der Waals surface area contributed by atoms with E-state index < -0.39 is 0 Å². The Morgan fingerprint density at radius 3 is 2.10 bits per heavy atom. The average Bonchev–Trinajstić information content (AvgIpc) is 2.32. The summed E-state index contributed by atoms with van der Waals surface area (Å²) in [6.45, 7) is 4.05. The molecule has 104 valence electrons. The standard InChI is InChI=1S/C16H13Cl3O/c1-9-3-4-11(5-10(9)2)6-15(20)16-13(18)7-12(17)8-14(16)19/h3-5,7-8H,6H2,1-2H3. The number of aryl methyl sites for hydroxylation is 2. The molecule has 0 fully saturated rings. The number of benzene rings is 2. The molecule has 0 radical (unpaired) electrons. The lowest BCUT2D eigenvalue weighted by Gasteiger charge is -2.08. The second-order valence-electron chi connectivity index (χ2n) is 4.76. The van der Waals surface area contributed by atoms with Crippen molar-refractivity contribution in [2.24, 2.45) is 0 Å². The van der Waals surface area contributed by atoms with Crippen LogP contribution in [0.3, 0.4) is 0 Å². The van der Waals surface area contributed by atoms with Gasteiger partial charge in [0.15, 0.2) is 5.78 Å². The van der Waals surface area contributed by atoms with Crippen molar-refractivity contribution in [3.63, 3.8) is 0 Å². The van der Waals surface area contributed by atoms with Crippen molar-refractivity contribution in [1.29, 1.82) is 0 Å². The molecule has 0 unspecified atom stereocenters. The van der Waals surface area contributed by atoms with Crippen LogP contribution in [-0.4, -0.2) is 5.78 Å². The number of hydrogen-bond donors (Lipinski definition) is 0. The fraction of sp³-hybridized carbons (Fsp3) is 0.188. The van der Waals surface area contributed by atoms with Crippen molar-refractivity contribution < 1.29 is 4.79 Å². The van der Waals surface area contributed by atoms with E-state index in [-0.39, 0.29) is 22.2 Å². The number of carbonyl (C=O) groups excluding carboxylic acids is 1. The summed E-state index contributed by atoms with van der Waals surface area (Å²) in [5.41, 5.74) is 3.63. The van der Waals surface area contributed by atoms with Gasteiger partial charge < -0.3 is 0 Å². The molecule has 0 aliphatic heterocycles. The highest BCUT2D eigenvalue weighted by Gasteiger charge is 2.16. The van der Waals surface area contributed by atoms with Crippen molar-refractivity contribution in [3.05, 3.63) is 67.7 Å². The average molecular weight is 328 g/mol. The fourth-order valence-corrected chi connectivity index (χ4v) is 3.02. The summed E-state index contributed by atoms with van der Waals surface area (Å²) >= 11 is 18.0. The third-order valence-corrected chi connectivity index (χ3v) is 4.04. The zero-order chi connectivity index (χ0) is 14.9. The Morgan fingerprint density at radius 2 is 1.55 bits per heavy atom. The molecule has 0 aromatic heterocycles. The maximum absolute atomic E-state index is 12.4. The van der Waals surface area contributed by atoms with Crippen LogP contribution in [0.1, 0.15) is 27.0 Å². The lowest BCUT2D eigenvalue weighted by molar-refractivity contribution is 0.0993. The van der Waals surface area contributed by atoms with E-state index in [4.69, 9.17) is 34.8 Å². The minimum atomic E-state index is -0.111. The smallest absolute Gasteiger partial charge is 0.170 e. The summed E-state index contributed by atoms with van der Waals surface area (Å²) in [4.78, 5) is 12.4. The normalized spacial score (nSPS) is 10.7. The van der Waals surface area contributed by atoms with Crippen LogP contribution in [0.5, 0.6) is 0 Å². The van der Waals surface area contributed by atoms with Gasteiger partial charge in [-0.05, 0) is 42.7 Å². The summed E-state index contributed by atoms with van der Waals surface area (Å²) in [5, 5.41) is 0.996. The molecule has 0 saturated carbocycles. The van der Waals surface area contributed by atoms with Gasteiger partial charge in [-0.3, -0.25) is 4.79 Å². The van der Waals surface area contributed by atoms with Gasteiger partial charge in [-0.25, -0.2) is 0 Å². The van der Waals surface area contributed by atoms with Crippen molar-refractivity contribution in [2.75, 3.05) is 0 Å². The zero-order valence-electron chi connectivity index (χ0n) is 11.1. The second-order valence-corrected chi connectivity index (χ2v) is 6.01. The molecular formula is C16H13Cl3O. The van der Waals surface area contributed by atoms with Crippen LogP contribution in [0.2, 0.25) is 15.1 Å². The summed E-state index contributed by atoms with van der Waals surface area (Å²) in [6.07, 6.45) is 0.266. The molecule has 2 aromatic carbocycles. The number of ketones is 1. The third-order valence-electron chi connectivity index (χ3n) is 3.22. The molecule has 0 N–H and O–H groups in total. The lowest BCUT2D eigenvalue weighted by atomic mass is 9.99. The number of rotatable bonds is 3. The molecule has 4 heteroatoms. The quantitative estimate of drug-likeness (QED) is 0.662. The molecule has 0 aliphatic carbocycles. The second kappa shape index (κ2) is 6.17. The summed E-state index contributed by atoms with van der Waals surface area (Å²) in [5.74, 6) is -0.111. The van der Waals surface area contributed by atoms with Crippen LogP contribution in [0.15, 0.2) is 30.3 Å². The Bertz CT molecular complexity index is 654. The van der Waals surface area contributed by atoms with E-state index >= 15 is 0 Å². The molecular weight excluding hydrogens is 315 g/mol. The third kappa shape index (κ3) is 3.35. The first-order valence-corrected chi connectivity index (χ1v) is 7.25. The van der Waals surface area contributed by atoms with Crippen LogP contribution >= 0.6 is 34.8 Å². The first kappa shape index (κ1) is 15.4. The Balaban J connectivity index is 2.31. The van der Waals surface area contributed by atoms with Crippen molar-refractivity contribution in [2.45, 2.75) is 20.3 Å². The number of carbonyl (C=O) groups is 1. The minimum absolute atomic E-state index is 0.111. The molecule has 0 heterocycles. The summed E-state index contributed by atoms with van der Waals surface area (Å²) in [7, 11) is 0. The highest BCUT2D eigenvalue weighted by atomic mass is 35.5. The molecule has 2 rings (SSSR count). The van der Waals surface area contributed by atoms with Crippen molar-refractivity contribution in [3.8, 4) is 0 Å². The first-order valence-electron chi connectivity index (χ1n) is 6.12. The van der Waals surface area contributed by atoms with Crippen LogP contribution in [0.4, 0.5) is 0 Å². The molecule has 0 aliphatic rings. The first-order chi connectivity index (χ1) is 9.38. The lowest BCUT2D eigenvalue weighted by Crippen LogP contribution is -2.06. The predicted molar refractivity (Wildman–Crippen MR) is 85.4 cm³/mol. The number of Topliss-reactive ketones (excluding diaryl/α,β-unsaturated/α-hetero) is 1. The van der Waals surface area contributed by atoms with Gasteiger partial charge in [0.2, 0.25) is 0 Å². The van der Waals surface area contributed by atoms with Crippen molar-refractivity contribution in [1.82, 2.24) is 0 Å². The summed E-state index contributed by atoms with van der Waals surface area (Å²) in [6, 6.07) is 9.01. The molecule has 2 aromatic rings.